The molecule has 0 aliphatic rings. The van der Waals surface area contributed by atoms with E-state index in [9.17, 15) is 0 Å². The second kappa shape index (κ2) is 5.08. The summed E-state index contributed by atoms with van der Waals surface area (Å²) >= 11 is 6.26. The molecule has 0 radical (unpaired) electrons. The van der Waals surface area contributed by atoms with Crippen LogP contribution in [0, 0.1) is 0 Å². The summed E-state index contributed by atoms with van der Waals surface area (Å²) in [4.78, 5) is 2.11. The second-order valence-electron chi connectivity index (χ2n) is 3.70. The van der Waals surface area contributed by atoms with E-state index in [1.807, 2.05) is 37.4 Å². The Labute approximate surface area is 100 Å². The van der Waals surface area contributed by atoms with Crippen LogP contribution in [0.2, 0.25) is 0 Å². The van der Waals surface area contributed by atoms with Gasteiger partial charge in [0, 0.05) is 19.3 Å². The van der Waals surface area contributed by atoms with Crippen LogP contribution in [0.5, 0.6) is 0 Å². The SMILES string of the molecule is CN(CC(Cl)c1ccco1)c1ccccc1. The van der Waals surface area contributed by atoms with Crippen LogP contribution in [0.4, 0.5) is 5.69 Å². The highest BCUT2D eigenvalue weighted by atomic mass is 35.5. The molecule has 1 unspecified atom stereocenters. The number of anilines is 1. The fraction of sp³-hybridized carbons (Fsp3) is 0.231. The van der Waals surface area contributed by atoms with E-state index in [0.717, 1.165) is 18.0 Å². The Balaban J connectivity index is 2.00. The number of halogens is 1. The first-order valence-electron chi connectivity index (χ1n) is 5.21. The summed E-state index contributed by atoms with van der Waals surface area (Å²) in [6.07, 6.45) is 1.65. The summed E-state index contributed by atoms with van der Waals surface area (Å²) in [5, 5.41) is -0.125. The van der Waals surface area contributed by atoms with E-state index >= 15 is 0 Å². The molecule has 0 saturated carbocycles. The Morgan fingerprint density at radius 1 is 1.19 bits per heavy atom. The molecule has 0 saturated heterocycles. The van der Waals surface area contributed by atoms with E-state index in [-0.39, 0.29) is 5.38 Å². The Hall–Kier alpha value is -1.41. The molecule has 3 heteroatoms. The van der Waals surface area contributed by atoms with Gasteiger partial charge in [-0.1, -0.05) is 18.2 Å². The summed E-state index contributed by atoms with van der Waals surface area (Å²) < 4.78 is 5.27. The number of benzene rings is 1. The Morgan fingerprint density at radius 2 is 1.94 bits per heavy atom. The van der Waals surface area contributed by atoms with Crippen molar-refractivity contribution in [3.05, 3.63) is 54.5 Å². The van der Waals surface area contributed by atoms with Crippen molar-refractivity contribution in [1.29, 1.82) is 0 Å². The molecule has 0 amide bonds. The Bertz CT molecular complexity index is 413. The van der Waals surface area contributed by atoms with Gasteiger partial charge in [-0.25, -0.2) is 0 Å². The molecule has 84 valence electrons. The summed E-state index contributed by atoms with van der Waals surface area (Å²) in [7, 11) is 2.02. The van der Waals surface area contributed by atoms with Crippen LogP contribution < -0.4 is 4.90 Å². The number of hydrogen-bond donors (Lipinski definition) is 0. The van der Waals surface area contributed by atoms with Crippen LogP contribution in [0.15, 0.2) is 53.1 Å². The van der Waals surface area contributed by atoms with E-state index in [1.165, 1.54) is 0 Å². The van der Waals surface area contributed by atoms with Gasteiger partial charge in [-0.3, -0.25) is 0 Å². The smallest absolute Gasteiger partial charge is 0.123 e. The number of para-hydroxylation sites is 1. The van der Waals surface area contributed by atoms with Gasteiger partial charge in [0.05, 0.1) is 6.26 Å². The fourth-order valence-corrected chi connectivity index (χ4v) is 1.92. The van der Waals surface area contributed by atoms with Gasteiger partial charge in [0.25, 0.3) is 0 Å². The van der Waals surface area contributed by atoms with Crippen LogP contribution in [0.3, 0.4) is 0 Å². The quantitative estimate of drug-likeness (QED) is 0.752. The Morgan fingerprint density at radius 3 is 2.56 bits per heavy atom. The lowest BCUT2D eigenvalue weighted by atomic mass is 10.2. The molecule has 0 aliphatic heterocycles. The molecule has 1 aromatic heterocycles. The summed E-state index contributed by atoms with van der Waals surface area (Å²) in [5.74, 6) is 0.810. The minimum absolute atomic E-state index is 0.125. The van der Waals surface area contributed by atoms with Crippen molar-refractivity contribution < 1.29 is 4.42 Å². The molecule has 2 aromatic rings. The van der Waals surface area contributed by atoms with Crippen LogP contribution in [0.1, 0.15) is 11.1 Å². The van der Waals surface area contributed by atoms with Crippen LogP contribution in [-0.4, -0.2) is 13.6 Å². The van der Waals surface area contributed by atoms with Gasteiger partial charge in [0.1, 0.15) is 11.1 Å². The lowest BCUT2D eigenvalue weighted by Crippen LogP contribution is -2.21. The van der Waals surface area contributed by atoms with Crippen molar-refractivity contribution in [2.75, 3.05) is 18.5 Å². The highest BCUT2D eigenvalue weighted by Gasteiger charge is 2.13. The summed E-state index contributed by atoms with van der Waals surface area (Å²) in [6, 6.07) is 13.9. The molecular formula is C13H14ClNO. The molecule has 0 fully saturated rings. The Kier molecular flexibility index (Phi) is 3.52. The zero-order valence-electron chi connectivity index (χ0n) is 9.14. The van der Waals surface area contributed by atoms with E-state index < -0.39 is 0 Å². The highest BCUT2D eigenvalue weighted by Crippen LogP contribution is 2.23. The van der Waals surface area contributed by atoms with E-state index in [4.69, 9.17) is 16.0 Å². The monoisotopic (exact) mass is 235 g/mol. The number of alkyl halides is 1. The van der Waals surface area contributed by atoms with Gasteiger partial charge in [-0.15, -0.1) is 11.6 Å². The van der Waals surface area contributed by atoms with Crippen molar-refractivity contribution in [2.45, 2.75) is 5.38 Å². The third-order valence-electron chi connectivity index (χ3n) is 2.48. The number of rotatable bonds is 4. The molecule has 0 aliphatic carbocycles. The van der Waals surface area contributed by atoms with Gasteiger partial charge < -0.3 is 9.32 Å². The highest BCUT2D eigenvalue weighted by molar-refractivity contribution is 6.20. The van der Waals surface area contributed by atoms with Crippen molar-refractivity contribution in [1.82, 2.24) is 0 Å². The largest absolute Gasteiger partial charge is 0.468 e. The lowest BCUT2D eigenvalue weighted by molar-refractivity contribution is 0.503. The molecule has 0 N–H and O–H groups in total. The normalized spacial score (nSPS) is 12.4. The molecule has 1 atom stereocenters. The maximum absolute atomic E-state index is 6.26. The van der Waals surface area contributed by atoms with Gasteiger partial charge >= 0.3 is 0 Å². The zero-order valence-corrected chi connectivity index (χ0v) is 9.89. The maximum atomic E-state index is 6.26. The van der Waals surface area contributed by atoms with Crippen molar-refractivity contribution in [3.8, 4) is 0 Å². The molecule has 0 spiro atoms. The molecule has 1 heterocycles. The molecule has 1 aromatic carbocycles. The van der Waals surface area contributed by atoms with Crippen LogP contribution >= 0.6 is 11.6 Å². The first-order valence-corrected chi connectivity index (χ1v) is 5.64. The predicted octanol–water partition coefficient (Wildman–Crippen LogP) is 3.70. The molecule has 2 nitrogen and oxygen atoms in total. The average molecular weight is 236 g/mol. The minimum Gasteiger partial charge on any atom is -0.468 e. The van der Waals surface area contributed by atoms with Crippen LogP contribution in [0.25, 0.3) is 0 Å². The number of likely N-dealkylation sites (N-methyl/N-ethyl adjacent to an activating group) is 1. The average Bonchev–Trinajstić information content (AvgIpc) is 2.83. The maximum Gasteiger partial charge on any atom is 0.123 e. The molecule has 16 heavy (non-hydrogen) atoms. The number of hydrogen-bond acceptors (Lipinski definition) is 2. The van der Waals surface area contributed by atoms with Gasteiger partial charge in [-0.05, 0) is 24.3 Å². The zero-order chi connectivity index (χ0) is 11.4. The number of furan rings is 1. The van der Waals surface area contributed by atoms with Gasteiger partial charge in [0.15, 0.2) is 0 Å². The van der Waals surface area contributed by atoms with Crippen molar-refractivity contribution in [2.24, 2.45) is 0 Å². The van der Waals surface area contributed by atoms with Crippen LogP contribution in [-0.2, 0) is 0 Å². The third kappa shape index (κ3) is 2.58. The fourth-order valence-electron chi connectivity index (χ4n) is 1.59. The first kappa shape index (κ1) is 11.1. The van der Waals surface area contributed by atoms with E-state index in [0.29, 0.717) is 0 Å². The topological polar surface area (TPSA) is 16.4 Å². The number of nitrogens with zero attached hydrogens (tertiary/aromatic N) is 1. The standard InChI is InChI=1S/C13H14ClNO/c1-15(11-6-3-2-4-7-11)10-12(14)13-8-5-9-16-13/h2-9,12H,10H2,1H3. The van der Waals surface area contributed by atoms with Crippen molar-refractivity contribution in [3.63, 3.8) is 0 Å². The first-order chi connectivity index (χ1) is 7.77. The van der Waals surface area contributed by atoms with E-state index in [2.05, 4.69) is 17.0 Å². The van der Waals surface area contributed by atoms with Gasteiger partial charge in [0.2, 0.25) is 0 Å². The van der Waals surface area contributed by atoms with E-state index in [1.54, 1.807) is 6.26 Å². The summed E-state index contributed by atoms with van der Waals surface area (Å²) in [6.45, 7) is 0.721. The molecular weight excluding hydrogens is 222 g/mol. The lowest BCUT2D eigenvalue weighted by Gasteiger charge is -2.21. The predicted molar refractivity (Wildman–Crippen MR) is 67.0 cm³/mol. The van der Waals surface area contributed by atoms with Crippen molar-refractivity contribution >= 4 is 17.3 Å². The summed E-state index contributed by atoms with van der Waals surface area (Å²) in [5.41, 5.74) is 1.15. The second-order valence-corrected chi connectivity index (χ2v) is 4.23. The van der Waals surface area contributed by atoms with Gasteiger partial charge in [-0.2, -0.15) is 0 Å². The molecule has 2 rings (SSSR count). The third-order valence-corrected chi connectivity index (χ3v) is 2.84. The minimum atomic E-state index is -0.125. The molecule has 0 bridgehead atoms.